The maximum atomic E-state index is 11.9. The van der Waals surface area contributed by atoms with Gasteiger partial charge in [-0.15, -0.1) is 4.90 Å². The predicted octanol–water partition coefficient (Wildman–Crippen LogP) is 4.21. The average Bonchev–Trinajstić information content (AvgIpc) is 2.95. The van der Waals surface area contributed by atoms with Gasteiger partial charge >= 0.3 is 11.9 Å². The molecule has 1 aliphatic heterocycles. The first kappa shape index (κ1) is 22.3. The Bertz CT molecular complexity index is 1010. The lowest BCUT2D eigenvalue weighted by molar-refractivity contribution is -0.387. The van der Waals surface area contributed by atoms with Gasteiger partial charge in [-0.05, 0) is 48.7 Å². The molecular formula is C22H24Cl2N3O3+. The molecule has 0 radical (unpaired) electrons. The molecule has 1 heterocycles. The van der Waals surface area contributed by atoms with E-state index < -0.39 is 0 Å². The molecule has 2 aromatic carbocycles. The summed E-state index contributed by atoms with van der Waals surface area (Å²) in [5.74, 6) is 0.410. The van der Waals surface area contributed by atoms with Gasteiger partial charge in [0, 0.05) is 12.6 Å². The smallest absolute Gasteiger partial charge is 0.489 e. The van der Waals surface area contributed by atoms with E-state index in [1.165, 1.54) is 10.8 Å². The Morgan fingerprint density at radius 3 is 2.53 bits per heavy atom. The highest BCUT2D eigenvalue weighted by Gasteiger charge is 2.37. The van der Waals surface area contributed by atoms with Crippen molar-refractivity contribution >= 4 is 41.4 Å². The first-order valence-electron chi connectivity index (χ1n) is 9.60. The molecule has 0 spiro atoms. The standard InChI is InChI=1S/C22H24Cl2N3O3/c1-14-10-16(12-25-15(2)17-5-6-18(23)19(24)11-17)4-7-20(14)30-9-8-27-21(28)13-26(3)22(27)29/h4-7,10-11,13,15,25H,8-9,12H2,1-3H3/q+1. The van der Waals surface area contributed by atoms with Crippen LogP contribution in [0.1, 0.15) is 29.7 Å². The number of halogens is 2. The number of imide groups is 1. The highest BCUT2D eigenvalue weighted by Crippen LogP contribution is 2.26. The lowest BCUT2D eigenvalue weighted by Crippen LogP contribution is -2.36. The molecular weight excluding hydrogens is 425 g/mol. The predicted molar refractivity (Wildman–Crippen MR) is 118 cm³/mol. The summed E-state index contributed by atoms with van der Waals surface area (Å²) in [4.78, 5) is 24.8. The maximum Gasteiger partial charge on any atom is 0.501 e. The minimum absolute atomic E-state index is 0.112. The normalized spacial score (nSPS) is 14.8. The minimum Gasteiger partial charge on any atom is -0.489 e. The van der Waals surface area contributed by atoms with Crippen LogP contribution in [0.4, 0.5) is 4.79 Å². The Morgan fingerprint density at radius 1 is 1.13 bits per heavy atom. The number of amides is 3. The lowest BCUT2D eigenvalue weighted by atomic mass is 10.1. The number of carbonyl (C=O) groups excluding carboxylic acids is 2. The van der Waals surface area contributed by atoms with Crippen molar-refractivity contribution in [3.63, 3.8) is 0 Å². The van der Waals surface area contributed by atoms with Crippen LogP contribution in [0.15, 0.2) is 36.4 Å². The zero-order valence-corrected chi connectivity index (χ0v) is 18.6. The van der Waals surface area contributed by atoms with E-state index in [4.69, 9.17) is 27.9 Å². The number of aryl methyl sites for hydroxylation is 1. The Hall–Kier alpha value is -2.41. The first-order valence-corrected chi connectivity index (χ1v) is 10.4. The van der Waals surface area contributed by atoms with Gasteiger partial charge in [0.25, 0.3) is 0 Å². The maximum absolute atomic E-state index is 11.9. The third-order valence-electron chi connectivity index (χ3n) is 4.97. The number of hydrogen-bond donors (Lipinski definition) is 1. The third kappa shape index (κ3) is 5.19. The fourth-order valence-corrected chi connectivity index (χ4v) is 3.49. The second kappa shape index (κ2) is 9.60. The van der Waals surface area contributed by atoms with E-state index in [1.54, 1.807) is 13.1 Å². The molecule has 0 bridgehead atoms. The summed E-state index contributed by atoms with van der Waals surface area (Å²) in [6.07, 6.45) is 1.27. The van der Waals surface area contributed by atoms with E-state index in [0.29, 0.717) is 16.6 Å². The molecule has 1 aliphatic rings. The van der Waals surface area contributed by atoms with Crippen molar-refractivity contribution in [1.82, 2.24) is 10.2 Å². The van der Waals surface area contributed by atoms with Crippen molar-refractivity contribution < 1.29 is 18.9 Å². The van der Waals surface area contributed by atoms with E-state index in [9.17, 15) is 9.59 Å². The van der Waals surface area contributed by atoms with E-state index in [0.717, 1.165) is 27.3 Å². The quantitative estimate of drug-likeness (QED) is 0.614. The average molecular weight is 449 g/mol. The Kier molecular flexibility index (Phi) is 7.13. The summed E-state index contributed by atoms with van der Waals surface area (Å²) in [6, 6.07) is 11.4. The van der Waals surface area contributed by atoms with Crippen molar-refractivity contribution in [2.24, 2.45) is 0 Å². The number of carbonyl (C=O) groups is 2. The van der Waals surface area contributed by atoms with Gasteiger partial charge < -0.3 is 10.1 Å². The lowest BCUT2D eigenvalue weighted by Gasteiger charge is -2.16. The zero-order chi connectivity index (χ0) is 21.8. The third-order valence-corrected chi connectivity index (χ3v) is 5.71. The molecule has 6 nitrogen and oxygen atoms in total. The monoisotopic (exact) mass is 448 g/mol. The highest BCUT2D eigenvalue weighted by atomic mass is 35.5. The SMILES string of the molecule is Cc1cc(CNC(C)c2ccc(Cl)c(Cl)c2)ccc1OCCN1C(=O)C=[N+](C)C1=O. The number of benzene rings is 2. The van der Waals surface area contributed by atoms with Gasteiger partial charge in [0.1, 0.15) is 18.9 Å². The van der Waals surface area contributed by atoms with E-state index >= 15 is 0 Å². The topological polar surface area (TPSA) is 61.6 Å². The van der Waals surface area contributed by atoms with Crippen LogP contribution in [0, 0.1) is 6.92 Å². The van der Waals surface area contributed by atoms with Crippen LogP contribution in [0.5, 0.6) is 5.75 Å². The number of nitrogens with one attached hydrogen (secondary N) is 1. The summed E-state index contributed by atoms with van der Waals surface area (Å²) in [7, 11) is 1.56. The fraction of sp³-hybridized carbons (Fsp3) is 0.318. The highest BCUT2D eigenvalue weighted by molar-refractivity contribution is 6.42. The fourth-order valence-electron chi connectivity index (χ4n) is 3.18. The van der Waals surface area contributed by atoms with Gasteiger partial charge in [0.05, 0.1) is 17.1 Å². The number of ether oxygens (including phenoxy) is 1. The molecule has 8 heteroatoms. The largest absolute Gasteiger partial charge is 0.501 e. The molecule has 3 rings (SSSR count). The van der Waals surface area contributed by atoms with Crippen LogP contribution in [0.3, 0.4) is 0 Å². The zero-order valence-electron chi connectivity index (χ0n) is 17.1. The Morgan fingerprint density at radius 2 is 1.90 bits per heavy atom. The van der Waals surface area contributed by atoms with Crippen molar-refractivity contribution in [1.29, 1.82) is 0 Å². The van der Waals surface area contributed by atoms with E-state index in [-0.39, 0.29) is 31.1 Å². The molecule has 158 valence electrons. The van der Waals surface area contributed by atoms with Gasteiger partial charge in [-0.1, -0.05) is 41.4 Å². The molecule has 0 saturated carbocycles. The van der Waals surface area contributed by atoms with E-state index in [1.807, 2.05) is 31.2 Å². The molecule has 2 aromatic rings. The van der Waals surface area contributed by atoms with Crippen LogP contribution < -0.4 is 10.1 Å². The van der Waals surface area contributed by atoms with E-state index in [2.05, 4.69) is 18.3 Å². The molecule has 30 heavy (non-hydrogen) atoms. The van der Waals surface area contributed by atoms with Gasteiger partial charge in [0.2, 0.25) is 0 Å². The Labute approximate surface area is 186 Å². The van der Waals surface area contributed by atoms with Crippen molar-refractivity contribution in [2.45, 2.75) is 26.4 Å². The summed E-state index contributed by atoms with van der Waals surface area (Å²) < 4.78 is 7.05. The van der Waals surface area contributed by atoms with Crippen LogP contribution in [-0.4, -0.2) is 47.8 Å². The number of rotatable bonds is 8. The van der Waals surface area contributed by atoms with Gasteiger partial charge in [-0.3, -0.25) is 0 Å². The Balaban J connectivity index is 1.51. The minimum atomic E-state index is -0.335. The second-order valence-corrected chi connectivity index (χ2v) is 8.05. The molecule has 0 aliphatic carbocycles. The molecule has 0 saturated heterocycles. The van der Waals surface area contributed by atoms with Crippen LogP contribution >= 0.6 is 23.2 Å². The van der Waals surface area contributed by atoms with Crippen molar-refractivity contribution in [2.75, 3.05) is 20.2 Å². The molecule has 1 N–H and O–H groups in total. The number of urea groups is 1. The molecule has 0 fully saturated rings. The molecule has 1 unspecified atom stereocenters. The van der Waals surface area contributed by atoms with Crippen molar-refractivity contribution in [3.05, 3.63) is 63.1 Å². The molecule has 0 aromatic heterocycles. The molecule has 1 atom stereocenters. The van der Waals surface area contributed by atoms with Crippen LogP contribution in [-0.2, 0) is 11.3 Å². The summed E-state index contributed by atoms with van der Waals surface area (Å²) in [5.41, 5.74) is 3.17. The van der Waals surface area contributed by atoms with Crippen molar-refractivity contribution in [3.8, 4) is 5.75 Å². The second-order valence-electron chi connectivity index (χ2n) is 7.24. The number of nitrogens with zero attached hydrogens (tertiary/aromatic N) is 2. The van der Waals surface area contributed by atoms with Crippen LogP contribution in [0.25, 0.3) is 0 Å². The summed E-state index contributed by atoms with van der Waals surface area (Å²) >= 11 is 12.1. The van der Waals surface area contributed by atoms with Crippen LogP contribution in [0.2, 0.25) is 10.0 Å². The summed E-state index contributed by atoms with van der Waals surface area (Å²) in [6.45, 7) is 5.17. The molecule has 3 amide bonds. The van der Waals surface area contributed by atoms with Gasteiger partial charge in [-0.2, -0.15) is 9.37 Å². The van der Waals surface area contributed by atoms with Gasteiger partial charge in [0.15, 0.2) is 6.21 Å². The number of hydrogen-bond acceptors (Lipinski definition) is 4. The first-order chi connectivity index (χ1) is 14.3. The summed E-state index contributed by atoms with van der Waals surface area (Å²) in [5, 5.41) is 4.56. The van der Waals surface area contributed by atoms with Gasteiger partial charge in [-0.25, -0.2) is 4.79 Å².